The van der Waals surface area contributed by atoms with Crippen LogP contribution < -0.4 is 5.32 Å². The summed E-state index contributed by atoms with van der Waals surface area (Å²) in [6, 6.07) is 0.568. The lowest BCUT2D eigenvalue weighted by atomic mass is 9.97. The van der Waals surface area contributed by atoms with Gasteiger partial charge in [0.2, 0.25) is 0 Å². The molecule has 3 nitrogen and oxygen atoms in total. The highest BCUT2D eigenvalue weighted by Gasteiger charge is 2.28. The van der Waals surface area contributed by atoms with Crippen LogP contribution in [-0.2, 0) is 0 Å². The number of hydrogen-bond donors (Lipinski definition) is 1. The fraction of sp³-hybridized carbons (Fsp3) is 0.769. The highest BCUT2D eigenvalue weighted by atomic mass is 32.2. The fourth-order valence-corrected chi connectivity index (χ4v) is 4.88. The van der Waals surface area contributed by atoms with Gasteiger partial charge in [0, 0.05) is 36.2 Å². The molecule has 2 saturated heterocycles. The number of nitrogens with zero attached hydrogens (tertiary/aromatic N) is 2. The minimum Gasteiger partial charge on any atom is -0.317 e. The number of thiazole rings is 1. The second-order valence-electron chi connectivity index (χ2n) is 5.15. The van der Waals surface area contributed by atoms with Gasteiger partial charge in [-0.05, 0) is 31.8 Å². The minimum absolute atomic E-state index is 0.568. The highest BCUT2D eigenvalue weighted by Crippen LogP contribution is 2.32. The molecule has 1 N–H and O–H groups in total. The van der Waals surface area contributed by atoms with Crippen molar-refractivity contribution in [2.75, 3.05) is 37.7 Å². The Hall–Kier alpha value is -0.100. The van der Waals surface area contributed by atoms with Crippen LogP contribution >= 0.6 is 23.1 Å². The lowest BCUT2D eigenvalue weighted by Crippen LogP contribution is -2.41. The molecule has 0 aromatic carbocycles. The average Bonchev–Trinajstić information content (AvgIpc) is 2.94. The van der Waals surface area contributed by atoms with Crippen molar-refractivity contribution < 1.29 is 0 Å². The Morgan fingerprint density at radius 1 is 1.39 bits per heavy atom. The van der Waals surface area contributed by atoms with Crippen LogP contribution in [0.2, 0.25) is 0 Å². The van der Waals surface area contributed by atoms with Crippen molar-refractivity contribution in [1.82, 2.24) is 15.2 Å². The van der Waals surface area contributed by atoms with Crippen LogP contribution in [0.4, 0.5) is 0 Å². The number of aromatic nitrogens is 1. The molecule has 1 atom stereocenters. The number of hydrogen-bond acceptors (Lipinski definition) is 5. The van der Waals surface area contributed by atoms with Crippen LogP contribution in [0.5, 0.6) is 0 Å². The maximum atomic E-state index is 4.53. The van der Waals surface area contributed by atoms with E-state index < -0.39 is 0 Å². The second kappa shape index (κ2) is 6.37. The molecule has 0 aliphatic carbocycles. The summed E-state index contributed by atoms with van der Waals surface area (Å²) in [5.41, 5.74) is 0. The quantitative estimate of drug-likeness (QED) is 0.921. The van der Waals surface area contributed by atoms with Gasteiger partial charge in [-0.2, -0.15) is 11.8 Å². The third-order valence-electron chi connectivity index (χ3n) is 3.93. The Morgan fingerprint density at radius 3 is 3.06 bits per heavy atom. The summed E-state index contributed by atoms with van der Waals surface area (Å²) in [6.45, 7) is 4.91. The molecule has 3 heterocycles. The highest BCUT2D eigenvalue weighted by molar-refractivity contribution is 7.99. The standard InChI is InChI=1S/C13H21N3S2/c1-3-14-4-2-11(1)9-16-6-8-17-10-12(16)13-15-5-7-18-13/h5,7,11-12,14H,1-4,6,8-10H2. The van der Waals surface area contributed by atoms with Crippen LogP contribution in [0, 0.1) is 5.92 Å². The molecule has 100 valence electrons. The SMILES string of the molecule is c1csc(C2CSCCN2CC2CCNCC2)n1. The molecule has 2 fully saturated rings. The van der Waals surface area contributed by atoms with E-state index in [2.05, 4.69) is 32.3 Å². The number of nitrogens with one attached hydrogen (secondary N) is 1. The van der Waals surface area contributed by atoms with Crippen LogP contribution in [0.1, 0.15) is 23.9 Å². The number of rotatable bonds is 3. The van der Waals surface area contributed by atoms with E-state index in [1.165, 1.54) is 55.5 Å². The molecule has 18 heavy (non-hydrogen) atoms. The van der Waals surface area contributed by atoms with E-state index in [1.807, 2.05) is 17.5 Å². The zero-order chi connectivity index (χ0) is 12.2. The van der Waals surface area contributed by atoms with Crippen LogP contribution in [0.15, 0.2) is 11.6 Å². The molecule has 0 radical (unpaired) electrons. The normalized spacial score (nSPS) is 27.4. The van der Waals surface area contributed by atoms with Crippen molar-refractivity contribution >= 4 is 23.1 Å². The Balaban J connectivity index is 1.64. The van der Waals surface area contributed by atoms with Crippen molar-refractivity contribution in [1.29, 1.82) is 0 Å². The van der Waals surface area contributed by atoms with E-state index in [0.717, 1.165) is 5.92 Å². The zero-order valence-corrected chi connectivity index (χ0v) is 12.3. The van der Waals surface area contributed by atoms with Gasteiger partial charge in [0.1, 0.15) is 5.01 Å². The summed E-state index contributed by atoms with van der Waals surface area (Å²) in [6.07, 6.45) is 4.63. The first-order valence-corrected chi connectivity index (χ1v) is 8.89. The summed E-state index contributed by atoms with van der Waals surface area (Å²) < 4.78 is 0. The third kappa shape index (κ3) is 3.07. The van der Waals surface area contributed by atoms with Gasteiger partial charge in [0.15, 0.2) is 0 Å². The molecule has 2 aliphatic rings. The lowest BCUT2D eigenvalue weighted by Gasteiger charge is -2.37. The van der Waals surface area contributed by atoms with Crippen molar-refractivity contribution in [3.05, 3.63) is 16.6 Å². The molecule has 1 aromatic heterocycles. The predicted octanol–water partition coefficient (Wildman–Crippen LogP) is 2.23. The first kappa shape index (κ1) is 12.9. The van der Waals surface area contributed by atoms with Gasteiger partial charge < -0.3 is 5.32 Å². The topological polar surface area (TPSA) is 28.2 Å². The lowest BCUT2D eigenvalue weighted by molar-refractivity contribution is 0.168. The maximum absolute atomic E-state index is 4.53. The smallest absolute Gasteiger partial charge is 0.111 e. The summed E-state index contributed by atoms with van der Waals surface area (Å²) in [4.78, 5) is 7.22. The van der Waals surface area contributed by atoms with Crippen LogP contribution in [0.25, 0.3) is 0 Å². The van der Waals surface area contributed by atoms with E-state index in [0.29, 0.717) is 6.04 Å². The molecule has 2 aliphatic heterocycles. The Bertz CT molecular complexity index is 349. The largest absolute Gasteiger partial charge is 0.317 e. The molecule has 3 rings (SSSR count). The van der Waals surface area contributed by atoms with E-state index >= 15 is 0 Å². The average molecular weight is 283 g/mol. The number of piperidine rings is 1. The summed E-state index contributed by atoms with van der Waals surface area (Å²) in [7, 11) is 0. The van der Waals surface area contributed by atoms with Crippen molar-refractivity contribution in [3.63, 3.8) is 0 Å². The van der Waals surface area contributed by atoms with Gasteiger partial charge in [0.05, 0.1) is 6.04 Å². The third-order valence-corrected chi connectivity index (χ3v) is 5.83. The Kier molecular flexibility index (Phi) is 4.57. The van der Waals surface area contributed by atoms with Crippen LogP contribution in [0.3, 0.4) is 0 Å². The summed E-state index contributed by atoms with van der Waals surface area (Å²) >= 11 is 3.90. The van der Waals surface area contributed by atoms with E-state index in [1.54, 1.807) is 0 Å². The molecule has 0 saturated carbocycles. The molecular formula is C13H21N3S2. The monoisotopic (exact) mass is 283 g/mol. The van der Waals surface area contributed by atoms with E-state index in [9.17, 15) is 0 Å². The Labute approximate surface area is 117 Å². The van der Waals surface area contributed by atoms with E-state index in [4.69, 9.17) is 0 Å². The molecule has 5 heteroatoms. The molecule has 0 amide bonds. The van der Waals surface area contributed by atoms with Crippen LogP contribution in [-0.4, -0.2) is 47.6 Å². The number of thioether (sulfide) groups is 1. The minimum atomic E-state index is 0.568. The second-order valence-corrected chi connectivity index (χ2v) is 7.23. The van der Waals surface area contributed by atoms with Gasteiger partial charge >= 0.3 is 0 Å². The Morgan fingerprint density at radius 2 is 2.28 bits per heavy atom. The summed E-state index contributed by atoms with van der Waals surface area (Å²) in [5, 5.41) is 6.88. The first-order valence-electron chi connectivity index (χ1n) is 6.85. The first-order chi connectivity index (χ1) is 8.93. The molecule has 1 aromatic rings. The predicted molar refractivity (Wildman–Crippen MR) is 79.3 cm³/mol. The van der Waals surface area contributed by atoms with Crippen molar-refractivity contribution in [3.8, 4) is 0 Å². The van der Waals surface area contributed by atoms with Crippen molar-refractivity contribution in [2.45, 2.75) is 18.9 Å². The van der Waals surface area contributed by atoms with Gasteiger partial charge in [-0.3, -0.25) is 4.90 Å². The van der Waals surface area contributed by atoms with Gasteiger partial charge in [-0.25, -0.2) is 4.98 Å². The molecule has 0 bridgehead atoms. The molecule has 1 unspecified atom stereocenters. The van der Waals surface area contributed by atoms with E-state index in [-0.39, 0.29) is 0 Å². The van der Waals surface area contributed by atoms with Gasteiger partial charge in [-0.1, -0.05) is 0 Å². The fourth-order valence-electron chi connectivity index (χ4n) is 2.88. The molecule has 0 spiro atoms. The zero-order valence-electron chi connectivity index (χ0n) is 10.7. The molecular weight excluding hydrogens is 262 g/mol. The van der Waals surface area contributed by atoms with Gasteiger partial charge in [0.25, 0.3) is 0 Å². The summed E-state index contributed by atoms with van der Waals surface area (Å²) in [5.74, 6) is 3.39. The maximum Gasteiger partial charge on any atom is 0.111 e. The van der Waals surface area contributed by atoms with Crippen molar-refractivity contribution in [2.24, 2.45) is 5.92 Å². The van der Waals surface area contributed by atoms with Gasteiger partial charge in [-0.15, -0.1) is 11.3 Å².